The number of esters is 1. The number of nitrogens with zero attached hydrogens (tertiary/aromatic N) is 3. The first-order valence-electron chi connectivity index (χ1n) is 8.54. The summed E-state index contributed by atoms with van der Waals surface area (Å²) in [5.74, 6) is -2.30. The van der Waals surface area contributed by atoms with Crippen molar-refractivity contribution in [3.63, 3.8) is 0 Å². The summed E-state index contributed by atoms with van der Waals surface area (Å²) in [5.41, 5.74) is 1.14. The zero-order valence-corrected chi connectivity index (χ0v) is 15.9. The van der Waals surface area contributed by atoms with Gasteiger partial charge in [0, 0.05) is 0 Å². The van der Waals surface area contributed by atoms with Crippen molar-refractivity contribution < 1.29 is 24.0 Å². The molecule has 1 aromatic heterocycles. The van der Waals surface area contributed by atoms with Gasteiger partial charge in [-0.15, -0.1) is 0 Å². The number of carbonyl (C=O) groups is 2. The second kappa shape index (κ2) is 7.93. The molecule has 3 rings (SSSR count). The molecular weight excluding hydrogens is 378 g/mol. The molecule has 0 unspecified atom stereocenters. The van der Waals surface area contributed by atoms with Gasteiger partial charge in [-0.2, -0.15) is 5.10 Å². The number of Topliss-reactive ketones (excluding diaryl/α,β-unsaturated/α-hetero) is 1. The van der Waals surface area contributed by atoms with Gasteiger partial charge < -0.3 is 9.47 Å². The van der Waals surface area contributed by atoms with E-state index in [9.17, 15) is 19.7 Å². The third kappa shape index (κ3) is 3.84. The van der Waals surface area contributed by atoms with Crippen molar-refractivity contribution in [1.29, 1.82) is 0 Å². The van der Waals surface area contributed by atoms with Crippen LogP contribution < -0.4 is 9.47 Å². The van der Waals surface area contributed by atoms with Crippen LogP contribution in [0.25, 0.3) is 5.69 Å². The van der Waals surface area contributed by atoms with E-state index in [4.69, 9.17) is 9.47 Å². The average Bonchev–Trinajstić information content (AvgIpc) is 3.02. The molecule has 1 heterocycles. The number of para-hydroxylation sites is 1. The summed E-state index contributed by atoms with van der Waals surface area (Å²) in [6.45, 7) is 3.26. The Bertz CT molecular complexity index is 1100. The van der Waals surface area contributed by atoms with Crippen molar-refractivity contribution >= 4 is 17.4 Å². The van der Waals surface area contributed by atoms with Crippen molar-refractivity contribution in [2.24, 2.45) is 0 Å². The van der Waals surface area contributed by atoms with Crippen LogP contribution in [0.15, 0.2) is 48.5 Å². The van der Waals surface area contributed by atoms with E-state index >= 15 is 0 Å². The number of nitro groups is 1. The Hall–Kier alpha value is -4.01. The van der Waals surface area contributed by atoms with Gasteiger partial charge in [0.25, 0.3) is 5.78 Å². The molecule has 0 amide bonds. The van der Waals surface area contributed by atoms with E-state index in [2.05, 4.69) is 5.10 Å². The third-order valence-corrected chi connectivity index (χ3v) is 4.27. The summed E-state index contributed by atoms with van der Waals surface area (Å²) in [6, 6.07) is 12.8. The predicted molar refractivity (Wildman–Crippen MR) is 103 cm³/mol. The summed E-state index contributed by atoms with van der Waals surface area (Å²) < 4.78 is 11.5. The van der Waals surface area contributed by atoms with Gasteiger partial charge in [0.2, 0.25) is 5.75 Å². The molecule has 0 radical (unpaired) electrons. The maximum atomic E-state index is 12.7. The zero-order chi connectivity index (χ0) is 21.1. The number of ether oxygens (including phenoxy) is 2. The van der Waals surface area contributed by atoms with Gasteiger partial charge in [-0.3, -0.25) is 14.9 Å². The van der Waals surface area contributed by atoms with Gasteiger partial charge in [0.05, 0.1) is 40.7 Å². The number of nitro benzene ring substituents is 1. The number of benzene rings is 2. The molecule has 0 spiro atoms. The topological polar surface area (TPSA) is 114 Å². The average molecular weight is 395 g/mol. The van der Waals surface area contributed by atoms with Crippen LogP contribution in [-0.4, -0.2) is 33.6 Å². The van der Waals surface area contributed by atoms with Crippen LogP contribution in [0.5, 0.6) is 11.5 Å². The molecule has 0 fully saturated rings. The van der Waals surface area contributed by atoms with Crippen LogP contribution in [0, 0.1) is 24.0 Å². The molecule has 148 valence electrons. The highest BCUT2D eigenvalue weighted by Crippen LogP contribution is 2.31. The summed E-state index contributed by atoms with van der Waals surface area (Å²) in [6.07, 6.45) is 0. The fourth-order valence-corrected chi connectivity index (χ4v) is 2.89. The SMILES string of the molecule is COc1ccc(OC(=O)C(=O)c2c(C)nn(-c3ccccc3)c2C)c([N+](=O)[O-])c1. The smallest absolute Gasteiger partial charge is 0.385 e. The first-order valence-corrected chi connectivity index (χ1v) is 8.54. The largest absolute Gasteiger partial charge is 0.496 e. The molecule has 0 atom stereocenters. The van der Waals surface area contributed by atoms with Gasteiger partial charge >= 0.3 is 11.7 Å². The van der Waals surface area contributed by atoms with E-state index in [-0.39, 0.29) is 17.1 Å². The first-order chi connectivity index (χ1) is 13.8. The van der Waals surface area contributed by atoms with Crippen LogP contribution >= 0.6 is 0 Å². The summed E-state index contributed by atoms with van der Waals surface area (Å²) in [4.78, 5) is 35.7. The number of rotatable bonds is 6. The highest BCUT2D eigenvalue weighted by atomic mass is 16.6. The molecule has 0 aliphatic carbocycles. The fraction of sp³-hybridized carbons (Fsp3) is 0.150. The Morgan fingerprint density at radius 1 is 1.10 bits per heavy atom. The number of aromatic nitrogens is 2. The van der Waals surface area contributed by atoms with Crippen molar-refractivity contribution in [3.8, 4) is 17.2 Å². The van der Waals surface area contributed by atoms with E-state index in [1.54, 1.807) is 18.5 Å². The number of hydrogen-bond donors (Lipinski definition) is 0. The van der Waals surface area contributed by atoms with Crippen LogP contribution in [-0.2, 0) is 4.79 Å². The van der Waals surface area contributed by atoms with E-state index in [1.807, 2.05) is 30.3 Å². The van der Waals surface area contributed by atoms with Gasteiger partial charge in [0.1, 0.15) is 5.75 Å². The Labute approximate surface area is 165 Å². The van der Waals surface area contributed by atoms with Crippen molar-refractivity contribution in [2.75, 3.05) is 7.11 Å². The van der Waals surface area contributed by atoms with Gasteiger partial charge in [-0.25, -0.2) is 9.48 Å². The maximum Gasteiger partial charge on any atom is 0.385 e. The molecule has 3 aromatic rings. The second-order valence-corrected chi connectivity index (χ2v) is 6.10. The molecule has 0 aliphatic heterocycles. The highest BCUT2D eigenvalue weighted by molar-refractivity contribution is 6.41. The molecule has 0 aliphatic rings. The lowest BCUT2D eigenvalue weighted by Gasteiger charge is -2.07. The third-order valence-electron chi connectivity index (χ3n) is 4.27. The van der Waals surface area contributed by atoms with Gasteiger partial charge in [-0.1, -0.05) is 18.2 Å². The van der Waals surface area contributed by atoms with Crippen LogP contribution in [0.1, 0.15) is 21.7 Å². The molecule has 0 N–H and O–H groups in total. The second-order valence-electron chi connectivity index (χ2n) is 6.10. The number of ketones is 1. The van der Waals surface area contributed by atoms with E-state index in [0.29, 0.717) is 11.4 Å². The van der Waals surface area contributed by atoms with Crippen molar-refractivity contribution in [3.05, 3.63) is 75.6 Å². The lowest BCUT2D eigenvalue weighted by atomic mass is 10.1. The number of hydrogen-bond acceptors (Lipinski definition) is 7. The Morgan fingerprint density at radius 3 is 2.41 bits per heavy atom. The molecule has 0 bridgehead atoms. The Balaban J connectivity index is 1.92. The predicted octanol–water partition coefficient (Wildman–Crippen LogP) is 3.19. The normalized spacial score (nSPS) is 10.4. The maximum absolute atomic E-state index is 12.7. The quantitative estimate of drug-likeness (QED) is 0.157. The molecule has 0 saturated heterocycles. The molecule has 0 saturated carbocycles. The minimum Gasteiger partial charge on any atom is -0.496 e. The molecule has 2 aromatic carbocycles. The van der Waals surface area contributed by atoms with Crippen LogP contribution in [0.4, 0.5) is 5.69 Å². The molecule has 29 heavy (non-hydrogen) atoms. The lowest BCUT2D eigenvalue weighted by molar-refractivity contribution is -0.385. The van der Waals surface area contributed by atoms with E-state index < -0.39 is 22.4 Å². The minimum absolute atomic E-state index is 0.0926. The number of methoxy groups -OCH3 is 1. The molecule has 9 heteroatoms. The Kier molecular flexibility index (Phi) is 5.40. The van der Waals surface area contributed by atoms with Gasteiger partial charge in [0.15, 0.2) is 0 Å². The van der Waals surface area contributed by atoms with Gasteiger partial charge in [-0.05, 0) is 38.1 Å². The minimum atomic E-state index is -1.24. The summed E-state index contributed by atoms with van der Waals surface area (Å²) >= 11 is 0. The lowest BCUT2D eigenvalue weighted by Crippen LogP contribution is -2.22. The molecule has 9 nitrogen and oxygen atoms in total. The Morgan fingerprint density at radius 2 is 1.79 bits per heavy atom. The van der Waals surface area contributed by atoms with Crippen LogP contribution in [0.3, 0.4) is 0 Å². The van der Waals surface area contributed by atoms with Crippen LogP contribution in [0.2, 0.25) is 0 Å². The monoisotopic (exact) mass is 395 g/mol. The zero-order valence-electron chi connectivity index (χ0n) is 15.9. The molecular formula is C20H17N3O6. The number of aryl methyl sites for hydroxylation is 1. The van der Waals surface area contributed by atoms with Crippen molar-refractivity contribution in [1.82, 2.24) is 9.78 Å². The number of carbonyl (C=O) groups excluding carboxylic acids is 2. The summed E-state index contributed by atoms with van der Waals surface area (Å²) in [7, 11) is 1.35. The summed E-state index contributed by atoms with van der Waals surface area (Å²) in [5, 5.41) is 15.6. The van der Waals surface area contributed by atoms with E-state index in [0.717, 1.165) is 11.8 Å². The van der Waals surface area contributed by atoms with Crippen molar-refractivity contribution in [2.45, 2.75) is 13.8 Å². The van der Waals surface area contributed by atoms with E-state index in [1.165, 1.54) is 19.2 Å². The fourth-order valence-electron chi connectivity index (χ4n) is 2.89. The first kappa shape index (κ1) is 19.7. The standard InChI is InChI=1S/C20H17N3O6/c1-12-18(13(2)22(21-12)14-7-5-4-6-8-14)19(24)20(25)29-17-10-9-15(28-3)11-16(17)23(26)27/h4-11H,1-3H3. The highest BCUT2D eigenvalue weighted by Gasteiger charge is 2.29.